The molecule has 0 bridgehead atoms. The molecule has 2 nitrogen and oxygen atoms in total. The van der Waals surface area contributed by atoms with E-state index in [2.05, 4.69) is 0 Å². The van der Waals surface area contributed by atoms with Crippen LogP contribution in [0.25, 0.3) is 0 Å². The van der Waals surface area contributed by atoms with E-state index in [1.165, 1.54) is 0 Å². The second-order valence-electron chi connectivity index (χ2n) is 0. The Bertz CT molecular complexity index is 6.00. The molecule has 0 aromatic heterocycles. The van der Waals surface area contributed by atoms with Crippen LogP contribution in [0.5, 0.6) is 0 Å². The minimum atomic E-state index is 0. The molecule has 0 unspecified atom stereocenters. The maximum Gasteiger partial charge on any atom is 0.316 e. The standard InChI is InChI=1S/Ag.Mg.2H2O.2H/h;;2*1H2;;. The van der Waals surface area contributed by atoms with E-state index in [9.17, 15) is 0 Å². The van der Waals surface area contributed by atoms with Crippen molar-refractivity contribution in [2.75, 3.05) is 0 Å². The first-order valence-corrected chi connectivity index (χ1v) is 0. The van der Waals surface area contributed by atoms with Crippen LogP contribution in [0.4, 0.5) is 0 Å². The van der Waals surface area contributed by atoms with Gasteiger partial charge in [0.25, 0.3) is 0 Å². The molecule has 1 radical (unpaired) electrons. The SMILES string of the molecule is O.O.[Ag].[MgH2]. The average molecular weight is 170 g/mol. The van der Waals surface area contributed by atoms with Crippen LogP contribution in [0.1, 0.15) is 0 Å². The predicted octanol–water partition coefficient (Wildman–Crippen LogP) is -2.57. The molecule has 4 N–H and O–H groups in total. The Morgan fingerprint density at radius 2 is 0.750 bits per heavy atom. The first kappa shape index (κ1) is 52.3. The minimum Gasteiger partial charge on any atom is -0.412 e. The average Bonchev–Trinajstić information content (AvgIpc) is 0. The Labute approximate surface area is 56.2 Å². The molecule has 4 heteroatoms. The molecule has 0 spiro atoms. The Balaban J connectivity index is 0. The molecular formula is H6AgMgO2. The molecule has 31 valence electrons. The van der Waals surface area contributed by atoms with Gasteiger partial charge in [-0.3, -0.25) is 0 Å². The van der Waals surface area contributed by atoms with Crippen LogP contribution in [0.3, 0.4) is 0 Å². The van der Waals surface area contributed by atoms with Crippen LogP contribution in [0.2, 0.25) is 0 Å². The molecule has 0 saturated carbocycles. The number of rotatable bonds is 0. The monoisotopic (exact) mass is 169 g/mol. The van der Waals surface area contributed by atoms with Crippen LogP contribution in [0.15, 0.2) is 0 Å². The summed E-state index contributed by atoms with van der Waals surface area (Å²) in [6, 6.07) is 0. The van der Waals surface area contributed by atoms with Gasteiger partial charge in [-0.05, 0) is 0 Å². The quantitative estimate of drug-likeness (QED) is 0.359. The summed E-state index contributed by atoms with van der Waals surface area (Å²) in [6.07, 6.45) is 0. The third-order valence-electron chi connectivity index (χ3n) is 0. The van der Waals surface area contributed by atoms with Crippen molar-refractivity contribution in [3.05, 3.63) is 0 Å². The van der Waals surface area contributed by atoms with Gasteiger partial charge in [-0.15, -0.1) is 0 Å². The van der Waals surface area contributed by atoms with E-state index in [-0.39, 0.29) is 56.4 Å². The van der Waals surface area contributed by atoms with Crippen molar-refractivity contribution in [1.82, 2.24) is 0 Å². The molecular weight excluding hydrogens is 164 g/mol. The summed E-state index contributed by atoms with van der Waals surface area (Å²) in [5, 5.41) is 0. The van der Waals surface area contributed by atoms with E-state index in [0.29, 0.717) is 0 Å². The van der Waals surface area contributed by atoms with Crippen molar-refractivity contribution < 1.29 is 33.3 Å². The third-order valence-corrected chi connectivity index (χ3v) is 0. The van der Waals surface area contributed by atoms with E-state index in [0.717, 1.165) is 0 Å². The van der Waals surface area contributed by atoms with Gasteiger partial charge < -0.3 is 11.0 Å². The van der Waals surface area contributed by atoms with Gasteiger partial charge in [0.1, 0.15) is 0 Å². The maximum absolute atomic E-state index is 0. The van der Waals surface area contributed by atoms with E-state index in [1.54, 1.807) is 0 Å². The summed E-state index contributed by atoms with van der Waals surface area (Å²) >= 11 is 0. The van der Waals surface area contributed by atoms with Gasteiger partial charge in [-0.25, -0.2) is 0 Å². The number of hydrogen-bond acceptors (Lipinski definition) is 0. The summed E-state index contributed by atoms with van der Waals surface area (Å²) in [5.41, 5.74) is 0. The van der Waals surface area contributed by atoms with Crippen molar-refractivity contribution >= 4 is 23.1 Å². The van der Waals surface area contributed by atoms with Crippen LogP contribution >= 0.6 is 0 Å². The van der Waals surface area contributed by atoms with Gasteiger partial charge in [0.05, 0.1) is 0 Å². The van der Waals surface area contributed by atoms with Crippen LogP contribution in [0, 0.1) is 0 Å². The summed E-state index contributed by atoms with van der Waals surface area (Å²) < 4.78 is 0. The first-order chi connectivity index (χ1) is 0. The van der Waals surface area contributed by atoms with Gasteiger partial charge in [0.2, 0.25) is 0 Å². The zero-order valence-corrected chi connectivity index (χ0v) is 2.78. The minimum absolute atomic E-state index is 0. The fourth-order valence-corrected chi connectivity index (χ4v) is 0. The molecule has 0 fully saturated rings. The summed E-state index contributed by atoms with van der Waals surface area (Å²) in [4.78, 5) is 0. The van der Waals surface area contributed by atoms with Crippen molar-refractivity contribution in [2.45, 2.75) is 0 Å². The molecule has 0 aliphatic carbocycles. The molecule has 0 aromatic carbocycles. The molecule has 0 aliphatic heterocycles. The van der Waals surface area contributed by atoms with Crippen molar-refractivity contribution in [3.8, 4) is 0 Å². The second kappa shape index (κ2) is 25.5. The van der Waals surface area contributed by atoms with Gasteiger partial charge >= 0.3 is 23.1 Å². The molecule has 4 heavy (non-hydrogen) atoms. The molecule has 0 rings (SSSR count). The molecule has 0 saturated heterocycles. The van der Waals surface area contributed by atoms with E-state index in [1.807, 2.05) is 0 Å². The predicted molar refractivity (Wildman–Crippen MR) is 15.8 cm³/mol. The number of hydrogen-bond donors (Lipinski definition) is 0. The van der Waals surface area contributed by atoms with Crippen LogP contribution in [-0.4, -0.2) is 34.0 Å². The topological polar surface area (TPSA) is 63.0 Å². The Morgan fingerprint density at radius 3 is 0.750 bits per heavy atom. The van der Waals surface area contributed by atoms with Gasteiger partial charge in [0.15, 0.2) is 0 Å². The Morgan fingerprint density at radius 1 is 0.750 bits per heavy atom. The maximum atomic E-state index is 0. The van der Waals surface area contributed by atoms with Crippen LogP contribution < -0.4 is 0 Å². The molecule has 0 aliphatic rings. The van der Waals surface area contributed by atoms with E-state index >= 15 is 0 Å². The van der Waals surface area contributed by atoms with Gasteiger partial charge in [-0.1, -0.05) is 0 Å². The second-order valence-corrected chi connectivity index (χ2v) is 0. The largest absolute Gasteiger partial charge is 0.412 e. The third kappa shape index (κ3) is 9.91. The fourth-order valence-electron chi connectivity index (χ4n) is 0. The molecule has 0 atom stereocenters. The normalized spacial score (nSPS) is 0. The van der Waals surface area contributed by atoms with E-state index < -0.39 is 0 Å². The Hall–Kier alpha value is 1.43. The summed E-state index contributed by atoms with van der Waals surface area (Å²) in [7, 11) is 0. The zero-order chi connectivity index (χ0) is 0. The first-order valence-electron chi connectivity index (χ1n) is 0. The fraction of sp³-hybridized carbons (Fsp3) is 0. The van der Waals surface area contributed by atoms with Crippen molar-refractivity contribution in [1.29, 1.82) is 0 Å². The summed E-state index contributed by atoms with van der Waals surface area (Å²) in [5.74, 6) is 0. The summed E-state index contributed by atoms with van der Waals surface area (Å²) in [6.45, 7) is 0. The Kier molecular flexibility index (Phi) is 334. The van der Waals surface area contributed by atoms with Gasteiger partial charge in [0, 0.05) is 22.4 Å². The van der Waals surface area contributed by atoms with Gasteiger partial charge in [-0.2, -0.15) is 0 Å². The van der Waals surface area contributed by atoms with Crippen molar-refractivity contribution in [3.63, 3.8) is 0 Å². The molecule has 0 heterocycles. The molecule has 0 aromatic rings. The smallest absolute Gasteiger partial charge is 0.316 e. The zero-order valence-electron chi connectivity index (χ0n) is 1.30. The van der Waals surface area contributed by atoms with Crippen molar-refractivity contribution in [2.24, 2.45) is 0 Å². The molecule has 0 amide bonds. The van der Waals surface area contributed by atoms with E-state index in [4.69, 9.17) is 0 Å². The van der Waals surface area contributed by atoms with Crippen LogP contribution in [-0.2, 0) is 22.4 Å².